The number of likely N-dealkylation sites (N-methyl/N-ethyl adjacent to an activating group) is 1. The zero-order valence-electron chi connectivity index (χ0n) is 16.2. The first kappa shape index (κ1) is 19.0. The van der Waals surface area contributed by atoms with Gasteiger partial charge in [-0.3, -0.25) is 14.8 Å². The molecule has 1 aromatic carbocycles. The lowest BCUT2D eigenvalue weighted by atomic mass is 10.0. The minimum absolute atomic E-state index is 0.684. The summed E-state index contributed by atoms with van der Waals surface area (Å²) < 4.78 is 0. The fraction of sp³-hybridized carbons (Fsp3) is 0.500. The first-order chi connectivity index (χ1) is 12.7. The van der Waals surface area contributed by atoms with E-state index < -0.39 is 0 Å². The monoisotopic (exact) mass is 352 g/mol. The molecule has 1 aliphatic heterocycles. The van der Waals surface area contributed by atoms with Crippen LogP contribution in [0.2, 0.25) is 0 Å². The van der Waals surface area contributed by atoms with Gasteiger partial charge in [0.05, 0.1) is 0 Å². The summed E-state index contributed by atoms with van der Waals surface area (Å²) in [5.41, 5.74) is 2.79. The van der Waals surface area contributed by atoms with Crippen LogP contribution in [0.5, 0.6) is 0 Å². The Kier molecular flexibility index (Phi) is 7.18. The van der Waals surface area contributed by atoms with Crippen LogP contribution in [0.15, 0.2) is 54.9 Å². The summed E-state index contributed by atoms with van der Waals surface area (Å²) in [5, 5.41) is 0. The Morgan fingerprint density at radius 1 is 0.923 bits per heavy atom. The molecular weight excluding hydrogens is 320 g/mol. The smallest absolute Gasteiger partial charge is 0.0271 e. The SMILES string of the molecule is CN(C)CCN(Cc1ccccc1)C1CCN(Cc2ccncc2)CC1. The number of hydrogen-bond donors (Lipinski definition) is 0. The van der Waals surface area contributed by atoms with Gasteiger partial charge in [-0.1, -0.05) is 30.3 Å². The van der Waals surface area contributed by atoms with E-state index in [4.69, 9.17) is 0 Å². The molecule has 2 aromatic rings. The van der Waals surface area contributed by atoms with Crippen LogP contribution < -0.4 is 0 Å². The van der Waals surface area contributed by atoms with E-state index in [9.17, 15) is 0 Å². The van der Waals surface area contributed by atoms with Gasteiger partial charge in [-0.15, -0.1) is 0 Å². The molecule has 2 heterocycles. The highest BCUT2D eigenvalue weighted by atomic mass is 15.2. The lowest BCUT2D eigenvalue weighted by Crippen LogP contribution is -2.46. The average molecular weight is 353 g/mol. The Bertz CT molecular complexity index is 621. The number of benzene rings is 1. The summed E-state index contributed by atoms with van der Waals surface area (Å²) in [5.74, 6) is 0. The molecule has 0 unspecified atom stereocenters. The highest BCUT2D eigenvalue weighted by Gasteiger charge is 2.24. The van der Waals surface area contributed by atoms with Crippen LogP contribution in [-0.2, 0) is 13.1 Å². The Labute approximate surface area is 158 Å². The third-order valence-electron chi connectivity index (χ3n) is 5.29. The number of likely N-dealkylation sites (tertiary alicyclic amines) is 1. The lowest BCUT2D eigenvalue weighted by Gasteiger charge is -2.39. The van der Waals surface area contributed by atoms with Crippen molar-refractivity contribution in [3.05, 3.63) is 66.0 Å². The summed E-state index contributed by atoms with van der Waals surface area (Å²) in [6, 6.07) is 15.8. The van der Waals surface area contributed by atoms with E-state index in [0.29, 0.717) is 6.04 Å². The van der Waals surface area contributed by atoms with Crippen molar-refractivity contribution in [3.8, 4) is 0 Å². The number of hydrogen-bond acceptors (Lipinski definition) is 4. The Balaban J connectivity index is 1.55. The van der Waals surface area contributed by atoms with Crippen molar-refractivity contribution in [1.29, 1.82) is 0 Å². The summed E-state index contributed by atoms with van der Waals surface area (Å²) in [6.45, 7) is 6.72. The van der Waals surface area contributed by atoms with Crippen molar-refractivity contribution in [1.82, 2.24) is 19.7 Å². The van der Waals surface area contributed by atoms with Crippen molar-refractivity contribution < 1.29 is 0 Å². The molecule has 4 heteroatoms. The summed E-state index contributed by atoms with van der Waals surface area (Å²) in [6.07, 6.45) is 6.30. The van der Waals surface area contributed by atoms with Gasteiger partial charge in [0.1, 0.15) is 0 Å². The molecule has 0 atom stereocenters. The van der Waals surface area contributed by atoms with Gasteiger partial charge in [0, 0.05) is 44.6 Å². The van der Waals surface area contributed by atoms with Gasteiger partial charge >= 0.3 is 0 Å². The Hall–Kier alpha value is -1.75. The summed E-state index contributed by atoms with van der Waals surface area (Å²) in [4.78, 5) is 11.7. The van der Waals surface area contributed by atoms with Gasteiger partial charge in [-0.25, -0.2) is 0 Å². The van der Waals surface area contributed by atoms with E-state index in [1.807, 2.05) is 12.4 Å². The molecule has 26 heavy (non-hydrogen) atoms. The second-order valence-corrected chi connectivity index (χ2v) is 7.62. The second kappa shape index (κ2) is 9.81. The standard InChI is InChI=1S/C22H32N4/c1-24(2)16-17-26(19-20-6-4-3-5-7-20)22-10-14-25(15-11-22)18-21-8-12-23-13-9-21/h3-9,12-13,22H,10-11,14-19H2,1-2H3. The maximum absolute atomic E-state index is 4.12. The molecule has 0 radical (unpaired) electrons. The fourth-order valence-electron chi connectivity index (χ4n) is 3.73. The Morgan fingerprint density at radius 3 is 2.27 bits per heavy atom. The number of piperidine rings is 1. The quantitative estimate of drug-likeness (QED) is 0.728. The minimum Gasteiger partial charge on any atom is -0.308 e. The highest BCUT2D eigenvalue weighted by Crippen LogP contribution is 2.20. The van der Waals surface area contributed by atoms with Gasteiger partial charge in [-0.05, 0) is 63.3 Å². The molecule has 1 aliphatic rings. The van der Waals surface area contributed by atoms with E-state index >= 15 is 0 Å². The van der Waals surface area contributed by atoms with E-state index in [2.05, 4.69) is 76.2 Å². The number of pyridine rings is 1. The van der Waals surface area contributed by atoms with Gasteiger partial charge in [0.2, 0.25) is 0 Å². The first-order valence-corrected chi connectivity index (χ1v) is 9.74. The van der Waals surface area contributed by atoms with Crippen molar-refractivity contribution in [2.45, 2.75) is 32.0 Å². The minimum atomic E-state index is 0.684. The maximum Gasteiger partial charge on any atom is 0.0271 e. The molecule has 0 N–H and O–H groups in total. The fourth-order valence-corrected chi connectivity index (χ4v) is 3.73. The molecule has 1 saturated heterocycles. The summed E-state index contributed by atoms with van der Waals surface area (Å²) >= 11 is 0. The summed E-state index contributed by atoms with van der Waals surface area (Å²) in [7, 11) is 4.33. The molecule has 1 fully saturated rings. The van der Waals surface area contributed by atoms with Crippen molar-refractivity contribution in [3.63, 3.8) is 0 Å². The first-order valence-electron chi connectivity index (χ1n) is 9.74. The topological polar surface area (TPSA) is 22.6 Å². The van der Waals surface area contributed by atoms with Crippen LogP contribution in [-0.4, -0.2) is 66.0 Å². The highest BCUT2D eigenvalue weighted by molar-refractivity contribution is 5.14. The van der Waals surface area contributed by atoms with Crippen LogP contribution in [0.25, 0.3) is 0 Å². The zero-order valence-corrected chi connectivity index (χ0v) is 16.2. The Morgan fingerprint density at radius 2 is 1.62 bits per heavy atom. The van der Waals surface area contributed by atoms with Crippen LogP contribution in [0, 0.1) is 0 Å². The van der Waals surface area contributed by atoms with Crippen LogP contribution in [0.3, 0.4) is 0 Å². The molecule has 0 saturated carbocycles. The van der Waals surface area contributed by atoms with E-state index in [1.54, 1.807) is 0 Å². The largest absolute Gasteiger partial charge is 0.308 e. The lowest BCUT2D eigenvalue weighted by molar-refractivity contribution is 0.0931. The predicted octanol–water partition coefficient (Wildman–Crippen LogP) is 3.11. The second-order valence-electron chi connectivity index (χ2n) is 7.62. The van der Waals surface area contributed by atoms with Crippen LogP contribution >= 0.6 is 0 Å². The van der Waals surface area contributed by atoms with Crippen molar-refractivity contribution in [2.75, 3.05) is 40.3 Å². The van der Waals surface area contributed by atoms with E-state index in [0.717, 1.165) is 26.2 Å². The molecule has 4 nitrogen and oxygen atoms in total. The average Bonchev–Trinajstić information content (AvgIpc) is 2.67. The van der Waals surface area contributed by atoms with Gasteiger partial charge in [0.15, 0.2) is 0 Å². The van der Waals surface area contributed by atoms with Crippen LogP contribution in [0.4, 0.5) is 0 Å². The predicted molar refractivity (Wildman–Crippen MR) is 108 cm³/mol. The maximum atomic E-state index is 4.12. The molecule has 3 rings (SSSR count). The molecular formula is C22H32N4. The molecule has 0 amide bonds. The van der Waals surface area contributed by atoms with Gasteiger partial charge in [0.25, 0.3) is 0 Å². The normalized spacial score (nSPS) is 16.5. The third-order valence-corrected chi connectivity index (χ3v) is 5.29. The molecule has 0 aliphatic carbocycles. The molecule has 0 spiro atoms. The molecule has 0 bridgehead atoms. The van der Waals surface area contributed by atoms with Crippen molar-refractivity contribution in [2.24, 2.45) is 0 Å². The van der Waals surface area contributed by atoms with Crippen LogP contribution in [0.1, 0.15) is 24.0 Å². The third kappa shape index (κ3) is 5.90. The number of rotatable bonds is 8. The van der Waals surface area contributed by atoms with Gasteiger partial charge < -0.3 is 4.90 Å². The van der Waals surface area contributed by atoms with E-state index in [1.165, 1.54) is 37.1 Å². The number of aromatic nitrogens is 1. The van der Waals surface area contributed by atoms with Gasteiger partial charge in [-0.2, -0.15) is 0 Å². The number of nitrogens with zero attached hydrogens (tertiary/aromatic N) is 4. The molecule has 140 valence electrons. The van der Waals surface area contributed by atoms with Crippen molar-refractivity contribution >= 4 is 0 Å². The van der Waals surface area contributed by atoms with E-state index in [-0.39, 0.29) is 0 Å². The molecule has 1 aromatic heterocycles. The zero-order chi connectivity index (χ0) is 18.2.